The number of aliphatic carboxylic acids is 1. The van der Waals surface area contributed by atoms with Gasteiger partial charge in [0.25, 0.3) is 0 Å². The van der Waals surface area contributed by atoms with E-state index in [4.69, 9.17) is 4.74 Å². The molecule has 1 aliphatic heterocycles. The van der Waals surface area contributed by atoms with Gasteiger partial charge in [-0.15, -0.1) is 11.3 Å². The van der Waals surface area contributed by atoms with Gasteiger partial charge in [-0.25, -0.2) is 4.98 Å². The van der Waals surface area contributed by atoms with Gasteiger partial charge < -0.3 is 24.4 Å². The van der Waals surface area contributed by atoms with Crippen molar-refractivity contribution < 1.29 is 23.9 Å². The predicted molar refractivity (Wildman–Crippen MR) is 137 cm³/mol. The smallest absolute Gasteiger partial charge is 0.227 e. The second-order valence-corrected chi connectivity index (χ2v) is 11.5. The number of ether oxygens (including phenoxy) is 1. The van der Waals surface area contributed by atoms with Gasteiger partial charge in [0, 0.05) is 42.5 Å². The monoisotopic (exact) mass is 523 g/mol. The quantitative estimate of drug-likeness (QED) is 0.403. The van der Waals surface area contributed by atoms with E-state index >= 15 is 0 Å². The maximum atomic E-state index is 13.2. The van der Waals surface area contributed by atoms with Crippen LogP contribution < -0.4 is 10.4 Å². The number of carbonyl (C=O) groups is 2. The molecular weight excluding hydrogens is 490 g/mol. The lowest BCUT2D eigenvalue weighted by Crippen LogP contribution is -2.52. The van der Waals surface area contributed by atoms with Crippen LogP contribution in [0.15, 0.2) is 42.0 Å². The highest BCUT2D eigenvalue weighted by Gasteiger charge is 2.43. The lowest BCUT2D eigenvalue weighted by Gasteiger charge is -2.37. The van der Waals surface area contributed by atoms with Crippen LogP contribution in [-0.2, 0) is 40.3 Å². The topological polar surface area (TPSA) is 109 Å². The first-order valence-electron chi connectivity index (χ1n) is 12.8. The molecule has 2 aromatic heterocycles. The molecule has 37 heavy (non-hydrogen) atoms. The Kier molecular flexibility index (Phi) is 7.41. The average molecular weight is 524 g/mol. The molecule has 1 aliphatic carbocycles. The number of carbonyl (C=O) groups excluding carboxylic acids is 2. The SMILES string of the molecule is C[N+]1(CCCn2cc(-c3csc(CNC(=O)C4(CC(=O)[O-])Cc5ccccc5C4)n3)cn2)CCOCC1. The summed E-state index contributed by atoms with van der Waals surface area (Å²) in [7, 11) is 2.29. The molecule has 0 bridgehead atoms. The van der Waals surface area contributed by atoms with E-state index in [-0.39, 0.29) is 18.9 Å². The van der Waals surface area contributed by atoms with Crippen molar-refractivity contribution in [3.8, 4) is 11.3 Å². The molecule has 0 saturated carbocycles. The van der Waals surface area contributed by atoms with Crippen LogP contribution in [0.5, 0.6) is 0 Å². The Balaban J connectivity index is 1.16. The molecule has 1 fully saturated rings. The molecule has 1 N–H and O–H groups in total. The summed E-state index contributed by atoms with van der Waals surface area (Å²) in [4.78, 5) is 29.4. The van der Waals surface area contributed by atoms with Crippen LogP contribution in [0.1, 0.15) is 29.0 Å². The number of rotatable bonds is 10. The number of nitrogens with one attached hydrogen (secondary N) is 1. The number of thiazole rings is 1. The molecule has 0 unspecified atom stereocenters. The third-order valence-electron chi connectivity index (χ3n) is 7.66. The van der Waals surface area contributed by atoms with Crippen molar-refractivity contribution in [2.24, 2.45) is 5.41 Å². The minimum atomic E-state index is -1.21. The minimum absolute atomic E-state index is 0.253. The second-order valence-electron chi connectivity index (χ2n) is 10.5. The zero-order valence-corrected chi connectivity index (χ0v) is 22.0. The van der Waals surface area contributed by atoms with Gasteiger partial charge in [0.15, 0.2) is 0 Å². The van der Waals surface area contributed by atoms with E-state index in [9.17, 15) is 14.7 Å². The van der Waals surface area contributed by atoms with E-state index in [1.54, 1.807) is 0 Å². The van der Waals surface area contributed by atoms with E-state index in [0.717, 1.165) is 77.7 Å². The van der Waals surface area contributed by atoms with Crippen LogP contribution in [0.25, 0.3) is 11.3 Å². The highest BCUT2D eigenvalue weighted by atomic mass is 32.1. The Morgan fingerprint density at radius 2 is 1.95 bits per heavy atom. The van der Waals surface area contributed by atoms with Crippen molar-refractivity contribution in [2.45, 2.75) is 38.8 Å². The summed E-state index contributed by atoms with van der Waals surface area (Å²) >= 11 is 1.47. The molecule has 2 aliphatic rings. The summed E-state index contributed by atoms with van der Waals surface area (Å²) in [6, 6.07) is 7.74. The van der Waals surface area contributed by atoms with Crippen molar-refractivity contribution >= 4 is 23.2 Å². The van der Waals surface area contributed by atoms with Crippen molar-refractivity contribution in [3.63, 3.8) is 0 Å². The van der Waals surface area contributed by atoms with Gasteiger partial charge >= 0.3 is 0 Å². The second kappa shape index (κ2) is 10.7. The molecule has 0 atom stereocenters. The number of likely N-dealkylation sites (N-methyl/N-ethyl adjacent to an activating group) is 1. The van der Waals surface area contributed by atoms with Gasteiger partial charge in [-0.1, -0.05) is 24.3 Å². The number of carboxylic acids is 1. The number of fused-ring (bicyclic) bond motifs is 1. The van der Waals surface area contributed by atoms with Gasteiger partial charge in [0.2, 0.25) is 5.91 Å². The molecule has 9 nitrogen and oxygen atoms in total. The first-order valence-corrected chi connectivity index (χ1v) is 13.7. The molecule has 5 rings (SSSR count). The summed E-state index contributed by atoms with van der Waals surface area (Å²) in [5, 5.41) is 21.7. The van der Waals surface area contributed by atoms with Crippen LogP contribution in [0, 0.1) is 5.41 Å². The number of hydrogen-bond donors (Lipinski definition) is 1. The Bertz CT molecular complexity index is 1240. The number of hydrogen-bond acceptors (Lipinski definition) is 7. The molecular formula is C27H33N5O4S. The zero-order chi connectivity index (χ0) is 25.9. The van der Waals surface area contributed by atoms with Gasteiger partial charge in [-0.2, -0.15) is 5.10 Å². The van der Waals surface area contributed by atoms with Crippen molar-refractivity contribution in [1.29, 1.82) is 0 Å². The molecule has 1 saturated heterocycles. The molecule has 3 aromatic rings. The number of nitrogens with zero attached hydrogens (tertiary/aromatic N) is 4. The third kappa shape index (κ3) is 5.92. The van der Waals surface area contributed by atoms with Gasteiger partial charge in [0.05, 0.1) is 50.7 Å². The summed E-state index contributed by atoms with van der Waals surface area (Å²) in [6.45, 7) is 5.99. The van der Waals surface area contributed by atoms with E-state index in [1.807, 2.05) is 46.7 Å². The molecule has 0 radical (unpaired) electrons. The zero-order valence-electron chi connectivity index (χ0n) is 21.1. The fourth-order valence-electron chi connectivity index (χ4n) is 5.44. The van der Waals surface area contributed by atoms with E-state index in [1.165, 1.54) is 11.3 Å². The highest BCUT2D eigenvalue weighted by Crippen LogP contribution is 2.40. The van der Waals surface area contributed by atoms with E-state index < -0.39 is 11.4 Å². The van der Waals surface area contributed by atoms with Crippen LogP contribution in [0.4, 0.5) is 0 Å². The van der Waals surface area contributed by atoms with Crippen molar-refractivity contribution in [2.75, 3.05) is 39.9 Å². The van der Waals surface area contributed by atoms with Crippen LogP contribution in [0.3, 0.4) is 0 Å². The Morgan fingerprint density at radius 1 is 1.22 bits per heavy atom. The van der Waals surface area contributed by atoms with Crippen LogP contribution in [0.2, 0.25) is 0 Å². The Hall–Kier alpha value is -3.08. The maximum absolute atomic E-state index is 13.2. The standard InChI is InChI=1S/C27H33N5O4S/c1-32(9-11-36-12-10-32)8-4-7-31-18-22(16-29-31)23-19-37-24(30-23)17-28-26(35)27(15-25(33)34)13-20-5-2-3-6-21(20)14-27/h2-3,5-6,16,18-19H,4,7-15,17H2,1H3,(H-,28,33,34,35). The summed E-state index contributed by atoms with van der Waals surface area (Å²) < 4.78 is 8.49. The van der Waals surface area contributed by atoms with Crippen LogP contribution >= 0.6 is 11.3 Å². The van der Waals surface area contributed by atoms with Gasteiger partial charge in [-0.3, -0.25) is 9.48 Å². The largest absolute Gasteiger partial charge is 0.550 e. The Morgan fingerprint density at radius 3 is 2.65 bits per heavy atom. The number of benzene rings is 1. The highest BCUT2D eigenvalue weighted by molar-refractivity contribution is 7.09. The van der Waals surface area contributed by atoms with Gasteiger partial charge in [-0.05, 0) is 24.0 Å². The molecule has 3 heterocycles. The third-order valence-corrected chi connectivity index (χ3v) is 8.51. The lowest BCUT2D eigenvalue weighted by molar-refractivity contribution is -0.917. The molecule has 1 aromatic carbocycles. The first-order chi connectivity index (χ1) is 17.8. The van der Waals surface area contributed by atoms with Crippen molar-refractivity contribution in [3.05, 3.63) is 58.2 Å². The summed E-state index contributed by atoms with van der Waals surface area (Å²) in [6.07, 6.45) is 5.38. The normalized spacial score (nSPS) is 17.9. The summed E-state index contributed by atoms with van der Waals surface area (Å²) in [5.74, 6) is -1.48. The van der Waals surface area contributed by atoms with Crippen LogP contribution in [-0.4, -0.2) is 71.0 Å². The number of quaternary nitrogens is 1. The molecule has 10 heteroatoms. The minimum Gasteiger partial charge on any atom is -0.550 e. The first kappa shape index (κ1) is 25.6. The number of amides is 1. The molecule has 196 valence electrons. The maximum Gasteiger partial charge on any atom is 0.227 e. The fraction of sp³-hybridized carbons (Fsp3) is 0.481. The number of aromatic nitrogens is 3. The lowest BCUT2D eigenvalue weighted by atomic mass is 9.80. The number of morpholine rings is 1. The predicted octanol–water partition coefficient (Wildman–Crippen LogP) is 1.41. The van der Waals surface area contributed by atoms with E-state index in [0.29, 0.717) is 12.8 Å². The van der Waals surface area contributed by atoms with Gasteiger partial charge in [0.1, 0.15) is 18.1 Å². The number of carboxylic acid groups (broad SMARTS) is 1. The average Bonchev–Trinajstić information content (AvgIpc) is 3.61. The molecule has 0 spiro atoms. The summed E-state index contributed by atoms with van der Waals surface area (Å²) in [5.41, 5.74) is 2.79. The number of aryl methyl sites for hydroxylation is 1. The Labute approximate surface area is 220 Å². The fourth-order valence-corrected chi connectivity index (χ4v) is 6.19. The van der Waals surface area contributed by atoms with E-state index in [2.05, 4.69) is 22.4 Å². The molecule has 1 amide bonds. The van der Waals surface area contributed by atoms with Crippen molar-refractivity contribution in [1.82, 2.24) is 20.1 Å².